The first-order valence-corrected chi connectivity index (χ1v) is 6.94. The van der Waals surface area contributed by atoms with Crippen molar-refractivity contribution in [1.82, 2.24) is 10.3 Å². The summed E-state index contributed by atoms with van der Waals surface area (Å²) in [5, 5.41) is 3.62. The predicted molar refractivity (Wildman–Crippen MR) is 72.3 cm³/mol. The molecule has 0 amide bonds. The van der Waals surface area contributed by atoms with Gasteiger partial charge in [0.05, 0.1) is 0 Å². The summed E-state index contributed by atoms with van der Waals surface area (Å²) in [6, 6.07) is 3.01. The van der Waals surface area contributed by atoms with Crippen LogP contribution in [0.4, 0.5) is 0 Å². The fourth-order valence-electron chi connectivity index (χ4n) is 2.94. The highest BCUT2D eigenvalue weighted by atomic mass is 14.9. The maximum Gasteiger partial charge on any atom is 0.0302 e. The molecule has 94 valence electrons. The Balaban J connectivity index is 2.08. The van der Waals surface area contributed by atoms with E-state index < -0.39 is 0 Å². The molecule has 1 aliphatic rings. The molecule has 1 aromatic heterocycles. The summed E-state index contributed by atoms with van der Waals surface area (Å²) in [5.41, 5.74) is 2.72. The molecule has 2 nitrogen and oxygen atoms in total. The molecule has 17 heavy (non-hydrogen) atoms. The van der Waals surface area contributed by atoms with Crippen molar-refractivity contribution in [3.8, 4) is 0 Å². The lowest BCUT2D eigenvalue weighted by Gasteiger charge is -2.21. The van der Waals surface area contributed by atoms with Crippen molar-refractivity contribution in [2.75, 3.05) is 6.54 Å². The second-order valence-corrected chi connectivity index (χ2v) is 5.27. The van der Waals surface area contributed by atoms with Crippen LogP contribution in [0.15, 0.2) is 18.5 Å². The smallest absolute Gasteiger partial charge is 0.0302 e. The Bertz CT molecular complexity index is 349. The summed E-state index contributed by atoms with van der Waals surface area (Å²) in [6.45, 7) is 5.42. The third kappa shape index (κ3) is 3.53. The van der Waals surface area contributed by atoms with E-state index in [2.05, 4.69) is 36.4 Å². The Labute approximate surface area is 105 Å². The number of aryl methyl sites for hydroxylation is 1. The van der Waals surface area contributed by atoms with Crippen LogP contribution in [0.25, 0.3) is 0 Å². The van der Waals surface area contributed by atoms with Crippen LogP contribution >= 0.6 is 0 Å². The van der Waals surface area contributed by atoms with Crippen LogP contribution in [0.2, 0.25) is 0 Å². The molecule has 0 aliphatic heterocycles. The fourth-order valence-corrected chi connectivity index (χ4v) is 2.94. The Hall–Kier alpha value is -0.890. The largest absolute Gasteiger partial charge is 0.314 e. The van der Waals surface area contributed by atoms with E-state index in [1.54, 1.807) is 0 Å². The molecule has 1 saturated carbocycles. The van der Waals surface area contributed by atoms with Crippen molar-refractivity contribution in [3.63, 3.8) is 0 Å². The highest BCUT2D eigenvalue weighted by Gasteiger charge is 2.21. The van der Waals surface area contributed by atoms with E-state index in [-0.39, 0.29) is 0 Å². The molecular formula is C15H24N2. The maximum atomic E-state index is 4.34. The number of hydrogen-bond acceptors (Lipinski definition) is 2. The second-order valence-electron chi connectivity index (χ2n) is 5.27. The third-order valence-electron chi connectivity index (χ3n) is 3.78. The molecule has 0 bridgehead atoms. The van der Waals surface area contributed by atoms with E-state index in [4.69, 9.17) is 0 Å². The van der Waals surface area contributed by atoms with Gasteiger partial charge in [0, 0.05) is 18.4 Å². The zero-order valence-corrected chi connectivity index (χ0v) is 11.1. The average molecular weight is 232 g/mol. The molecular weight excluding hydrogens is 208 g/mol. The van der Waals surface area contributed by atoms with E-state index in [1.807, 2.05) is 6.20 Å². The SMILES string of the molecule is CCNC1CCCCC(c2cncc(C)c2)C1. The molecule has 0 aromatic carbocycles. The van der Waals surface area contributed by atoms with Crippen LogP contribution in [-0.4, -0.2) is 17.6 Å². The van der Waals surface area contributed by atoms with Gasteiger partial charge >= 0.3 is 0 Å². The number of nitrogens with zero attached hydrogens (tertiary/aromatic N) is 1. The van der Waals surface area contributed by atoms with Gasteiger partial charge in [0.25, 0.3) is 0 Å². The number of nitrogens with one attached hydrogen (secondary N) is 1. The van der Waals surface area contributed by atoms with Crippen molar-refractivity contribution < 1.29 is 0 Å². The molecule has 2 unspecified atom stereocenters. The molecule has 1 fully saturated rings. The number of aromatic nitrogens is 1. The van der Waals surface area contributed by atoms with Crippen molar-refractivity contribution in [1.29, 1.82) is 0 Å². The average Bonchev–Trinajstić information content (AvgIpc) is 2.55. The summed E-state index contributed by atoms with van der Waals surface area (Å²) >= 11 is 0. The van der Waals surface area contributed by atoms with Gasteiger partial charge in [0.2, 0.25) is 0 Å². The van der Waals surface area contributed by atoms with E-state index in [9.17, 15) is 0 Å². The zero-order valence-electron chi connectivity index (χ0n) is 11.1. The molecule has 1 heterocycles. The number of hydrogen-bond donors (Lipinski definition) is 1. The summed E-state index contributed by atoms with van der Waals surface area (Å²) in [7, 11) is 0. The van der Waals surface area contributed by atoms with Crippen molar-refractivity contribution in [2.45, 2.75) is 57.9 Å². The third-order valence-corrected chi connectivity index (χ3v) is 3.78. The van der Waals surface area contributed by atoms with Crippen LogP contribution in [0.3, 0.4) is 0 Å². The molecule has 0 radical (unpaired) electrons. The van der Waals surface area contributed by atoms with Crippen LogP contribution in [-0.2, 0) is 0 Å². The highest BCUT2D eigenvalue weighted by Crippen LogP contribution is 2.31. The van der Waals surface area contributed by atoms with Gasteiger partial charge in [0.1, 0.15) is 0 Å². The molecule has 2 atom stereocenters. The lowest BCUT2D eigenvalue weighted by Crippen LogP contribution is -2.29. The van der Waals surface area contributed by atoms with Gasteiger partial charge in [-0.15, -0.1) is 0 Å². The fraction of sp³-hybridized carbons (Fsp3) is 0.667. The lowest BCUT2D eigenvalue weighted by atomic mass is 9.91. The minimum absolute atomic E-state index is 0.702. The molecule has 2 heteroatoms. The zero-order chi connectivity index (χ0) is 12.1. The van der Waals surface area contributed by atoms with Crippen molar-refractivity contribution >= 4 is 0 Å². The highest BCUT2D eigenvalue weighted by molar-refractivity contribution is 5.21. The van der Waals surface area contributed by atoms with E-state index in [1.165, 1.54) is 43.2 Å². The summed E-state index contributed by atoms with van der Waals surface area (Å²) in [4.78, 5) is 4.34. The normalized spacial score (nSPS) is 25.5. The predicted octanol–water partition coefficient (Wildman–Crippen LogP) is 3.42. The first-order valence-electron chi connectivity index (χ1n) is 6.94. The Morgan fingerprint density at radius 3 is 2.88 bits per heavy atom. The lowest BCUT2D eigenvalue weighted by molar-refractivity contribution is 0.449. The van der Waals surface area contributed by atoms with Gasteiger partial charge in [-0.2, -0.15) is 0 Å². The van der Waals surface area contributed by atoms with Crippen LogP contribution < -0.4 is 5.32 Å². The summed E-state index contributed by atoms with van der Waals surface area (Å²) in [6.07, 6.45) is 10.7. The number of pyridine rings is 1. The quantitative estimate of drug-likeness (QED) is 0.808. The van der Waals surface area contributed by atoms with Gasteiger partial charge < -0.3 is 5.32 Å². The minimum atomic E-state index is 0.702. The standard InChI is InChI=1S/C15H24N2/c1-3-17-15-7-5-4-6-13(9-15)14-8-12(2)10-16-11-14/h8,10-11,13,15,17H,3-7,9H2,1-2H3. The second kappa shape index (κ2) is 6.15. The van der Waals surface area contributed by atoms with Crippen LogP contribution in [0.5, 0.6) is 0 Å². The molecule has 1 aromatic rings. The van der Waals surface area contributed by atoms with Crippen molar-refractivity contribution in [3.05, 3.63) is 29.6 Å². The monoisotopic (exact) mass is 232 g/mol. The van der Waals surface area contributed by atoms with E-state index >= 15 is 0 Å². The van der Waals surface area contributed by atoms with Gasteiger partial charge in [-0.05, 0) is 49.8 Å². The summed E-state index contributed by atoms with van der Waals surface area (Å²) in [5.74, 6) is 0.703. The topological polar surface area (TPSA) is 24.9 Å². The van der Waals surface area contributed by atoms with E-state index in [0.29, 0.717) is 12.0 Å². The Morgan fingerprint density at radius 1 is 1.29 bits per heavy atom. The molecule has 0 spiro atoms. The molecule has 0 saturated heterocycles. The van der Waals surface area contributed by atoms with Crippen LogP contribution in [0, 0.1) is 6.92 Å². The van der Waals surface area contributed by atoms with Gasteiger partial charge in [-0.3, -0.25) is 4.98 Å². The Morgan fingerprint density at radius 2 is 2.12 bits per heavy atom. The first-order chi connectivity index (χ1) is 8.29. The van der Waals surface area contributed by atoms with Crippen LogP contribution in [0.1, 0.15) is 56.1 Å². The van der Waals surface area contributed by atoms with E-state index in [0.717, 1.165) is 6.54 Å². The number of rotatable bonds is 3. The van der Waals surface area contributed by atoms with Gasteiger partial charge in [-0.25, -0.2) is 0 Å². The molecule has 1 aliphatic carbocycles. The summed E-state index contributed by atoms with van der Waals surface area (Å²) < 4.78 is 0. The maximum absolute atomic E-state index is 4.34. The van der Waals surface area contributed by atoms with Gasteiger partial charge in [-0.1, -0.05) is 25.8 Å². The first kappa shape index (κ1) is 12.6. The minimum Gasteiger partial charge on any atom is -0.314 e. The van der Waals surface area contributed by atoms with Crippen molar-refractivity contribution in [2.24, 2.45) is 0 Å². The molecule has 1 N–H and O–H groups in total. The Kier molecular flexibility index (Phi) is 4.55. The molecule has 2 rings (SSSR count). The van der Waals surface area contributed by atoms with Gasteiger partial charge in [0.15, 0.2) is 0 Å².